The molecule has 5 nitrogen and oxygen atoms in total. The van der Waals surface area contributed by atoms with Crippen molar-refractivity contribution in [1.29, 1.82) is 5.26 Å². The third-order valence-electron chi connectivity index (χ3n) is 6.62. The van der Waals surface area contributed by atoms with Crippen molar-refractivity contribution in [1.82, 2.24) is 14.8 Å². The SMILES string of the molecule is N#Cc1cc2c(OCCCN3CCN(C(c4ccccc4)c4ccccc4)CC3)cccc2[nH]1. The van der Waals surface area contributed by atoms with Gasteiger partial charge in [-0.15, -0.1) is 0 Å². The van der Waals surface area contributed by atoms with Gasteiger partial charge in [0.1, 0.15) is 17.5 Å². The number of aromatic nitrogens is 1. The van der Waals surface area contributed by atoms with Gasteiger partial charge in [0, 0.05) is 38.1 Å². The molecule has 0 amide bonds. The van der Waals surface area contributed by atoms with E-state index in [9.17, 15) is 0 Å². The van der Waals surface area contributed by atoms with Gasteiger partial charge in [-0.05, 0) is 35.7 Å². The predicted molar refractivity (Wildman–Crippen MR) is 136 cm³/mol. The number of piperazine rings is 1. The van der Waals surface area contributed by atoms with Gasteiger partial charge in [-0.2, -0.15) is 5.26 Å². The van der Waals surface area contributed by atoms with Crippen molar-refractivity contribution in [2.24, 2.45) is 0 Å². The molecule has 3 aromatic carbocycles. The Kier molecular flexibility index (Phi) is 6.90. The van der Waals surface area contributed by atoms with E-state index in [0.29, 0.717) is 18.3 Å². The van der Waals surface area contributed by atoms with E-state index >= 15 is 0 Å². The summed E-state index contributed by atoms with van der Waals surface area (Å²) in [6.07, 6.45) is 0.979. The second-order valence-electron chi connectivity index (χ2n) is 8.82. The first-order valence-corrected chi connectivity index (χ1v) is 12.0. The number of benzene rings is 3. The Balaban J connectivity index is 1.14. The molecule has 34 heavy (non-hydrogen) atoms. The number of rotatable bonds is 8. The summed E-state index contributed by atoms with van der Waals surface area (Å²) in [6, 6.07) is 31.9. The van der Waals surface area contributed by atoms with Crippen molar-refractivity contribution in [3.05, 3.63) is 102 Å². The molecule has 1 aromatic heterocycles. The van der Waals surface area contributed by atoms with Crippen molar-refractivity contribution in [3.8, 4) is 11.8 Å². The van der Waals surface area contributed by atoms with Crippen molar-refractivity contribution >= 4 is 10.9 Å². The highest BCUT2D eigenvalue weighted by Crippen LogP contribution is 2.30. The third kappa shape index (κ3) is 4.99. The normalized spacial score (nSPS) is 14.9. The second-order valence-corrected chi connectivity index (χ2v) is 8.82. The quantitative estimate of drug-likeness (QED) is 0.374. The molecule has 4 aromatic rings. The van der Waals surface area contributed by atoms with E-state index in [1.165, 1.54) is 11.1 Å². The Bertz CT molecular complexity index is 1200. The Labute approximate surface area is 201 Å². The fourth-order valence-corrected chi connectivity index (χ4v) is 4.91. The molecule has 1 N–H and O–H groups in total. The maximum atomic E-state index is 9.14. The lowest BCUT2D eigenvalue weighted by atomic mass is 9.96. The van der Waals surface area contributed by atoms with Gasteiger partial charge < -0.3 is 14.6 Å². The summed E-state index contributed by atoms with van der Waals surface area (Å²) in [6.45, 7) is 5.93. The molecule has 172 valence electrons. The van der Waals surface area contributed by atoms with Gasteiger partial charge in [0.25, 0.3) is 0 Å². The van der Waals surface area contributed by atoms with Crippen LogP contribution in [0.25, 0.3) is 10.9 Å². The van der Waals surface area contributed by atoms with Crippen LogP contribution in [0.15, 0.2) is 84.9 Å². The molecule has 1 fully saturated rings. The van der Waals surface area contributed by atoms with Crippen molar-refractivity contribution in [2.45, 2.75) is 12.5 Å². The first-order valence-electron chi connectivity index (χ1n) is 12.0. The monoisotopic (exact) mass is 450 g/mol. The Morgan fingerprint density at radius 1 is 0.853 bits per heavy atom. The van der Waals surface area contributed by atoms with Gasteiger partial charge in [0.05, 0.1) is 18.2 Å². The molecule has 1 saturated heterocycles. The molecule has 0 saturated carbocycles. The second kappa shape index (κ2) is 10.6. The minimum atomic E-state index is 0.299. The minimum absolute atomic E-state index is 0.299. The summed E-state index contributed by atoms with van der Waals surface area (Å²) in [5.74, 6) is 0.841. The number of H-pyrrole nitrogens is 1. The molecule has 0 spiro atoms. The first-order chi connectivity index (χ1) is 16.8. The number of fused-ring (bicyclic) bond motifs is 1. The zero-order chi connectivity index (χ0) is 23.2. The van der Waals surface area contributed by atoms with Crippen molar-refractivity contribution in [2.75, 3.05) is 39.3 Å². The zero-order valence-corrected chi connectivity index (χ0v) is 19.4. The predicted octanol–water partition coefficient (Wildman–Crippen LogP) is 5.22. The summed E-state index contributed by atoms with van der Waals surface area (Å²) in [5.41, 5.74) is 4.22. The van der Waals surface area contributed by atoms with Crippen LogP contribution in [0, 0.1) is 11.3 Å². The standard InChI is InChI=1S/C29H30N4O/c30-22-25-21-26-27(31-25)13-7-14-28(26)34-20-8-15-32-16-18-33(19-17-32)29(23-9-3-1-4-10-23)24-11-5-2-6-12-24/h1-7,9-14,21,29,31H,8,15-20H2. The Morgan fingerprint density at radius 3 is 2.18 bits per heavy atom. The number of hydrogen-bond acceptors (Lipinski definition) is 4. The molecule has 0 bridgehead atoms. The molecule has 0 radical (unpaired) electrons. The average molecular weight is 451 g/mol. The van der Waals surface area contributed by atoms with Crippen LogP contribution in [0.4, 0.5) is 0 Å². The fourth-order valence-electron chi connectivity index (χ4n) is 4.91. The van der Waals surface area contributed by atoms with E-state index in [1.807, 2.05) is 24.3 Å². The largest absolute Gasteiger partial charge is 0.493 e. The number of hydrogen-bond donors (Lipinski definition) is 1. The van der Waals surface area contributed by atoms with Gasteiger partial charge in [0.15, 0.2) is 0 Å². The molecule has 2 heterocycles. The topological polar surface area (TPSA) is 55.3 Å². The summed E-state index contributed by atoms with van der Waals surface area (Å²) in [5, 5.41) is 10.1. The molecule has 0 atom stereocenters. The van der Waals surface area contributed by atoms with Crippen LogP contribution in [0.2, 0.25) is 0 Å². The van der Waals surface area contributed by atoms with E-state index in [0.717, 1.165) is 55.8 Å². The van der Waals surface area contributed by atoms with Crippen LogP contribution in [-0.2, 0) is 0 Å². The highest BCUT2D eigenvalue weighted by Gasteiger charge is 2.26. The van der Waals surface area contributed by atoms with Crippen molar-refractivity contribution in [3.63, 3.8) is 0 Å². The molecular weight excluding hydrogens is 420 g/mol. The van der Waals surface area contributed by atoms with E-state index in [1.54, 1.807) is 0 Å². The number of aromatic amines is 1. The number of nitrogens with one attached hydrogen (secondary N) is 1. The van der Waals surface area contributed by atoms with E-state index in [4.69, 9.17) is 10.00 Å². The molecule has 0 aliphatic carbocycles. The van der Waals surface area contributed by atoms with E-state index in [2.05, 4.69) is 81.5 Å². The maximum absolute atomic E-state index is 9.14. The lowest BCUT2D eigenvalue weighted by molar-refractivity contribution is 0.105. The van der Waals surface area contributed by atoms with Crippen LogP contribution in [0.5, 0.6) is 5.75 Å². The highest BCUT2D eigenvalue weighted by atomic mass is 16.5. The summed E-state index contributed by atoms with van der Waals surface area (Å²) < 4.78 is 6.08. The number of ether oxygens (including phenoxy) is 1. The molecule has 1 aliphatic heterocycles. The molecular formula is C29H30N4O. The highest BCUT2D eigenvalue weighted by molar-refractivity contribution is 5.87. The van der Waals surface area contributed by atoms with Gasteiger partial charge in [-0.3, -0.25) is 4.90 Å². The third-order valence-corrected chi connectivity index (χ3v) is 6.62. The molecule has 0 unspecified atom stereocenters. The van der Waals surface area contributed by atoms with Crippen LogP contribution in [-0.4, -0.2) is 54.1 Å². The van der Waals surface area contributed by atoms with E-state index in [-0.39, 0.29) is 0 Å². The average Bonchev–Trinajstić information content (AvgIpc) is 3.33. The Morgan fingerprint density at radius 2 is 1.53 bits per heavy atom. The summed E-state index contributed by atoms with van der Waals surface area (Å²) in [4.78, 5) is 8.26. The zero-order valence-electron chi connectivity index (χ0n) is 19.4. The Hall–Kier alpha value is -3.59. The smallest absolute Gasteiger partial charge is 0.128 e. The van der Waals surface area contributed by atoms with Crippen LogP contribution in [0.1, 0.15) is 29.3 Å². The van der Waals surface area contributed by atoms with Crippen molar-refractivity contribution < 1.29 is 4.74 Å². The van der Waals surface area contributed by atoms with Crippen LogP contribution < -0.4 is 4.74 Å². The van der Waals surface area contributed by atoms with E-state index < -0.39 is 0 Å². The van der Waals surface area contributed by atoms with Crippen LogP contribution >= 0.6 is 0 Å². The van der Waals surface area contributed by atoms with Gasteiger partial charge in [-0.25, -0.2) is 0 Å². The van der Waals surface area contributed by atoms with Gasteiger partial charge in [-0.1, -0.05) is 66.7 Å². The van der Waals surface area contributed by atoms with Crippen LogP contribution in [0.3, 0.4) is 0 Å². The molecule has 1 aliphatic rings. The molecule has 5 heteroatoms. The van der Waals surface area contributed by atoms with Gasteiger partial charge >= 0.3 is 0 Å². The lowest BCUT2D eigenvalue weighted by Crippen LogP contribution is -2.48. The maximum Gasteiger partial charge on any atom is 0.128 e. The summed E-state index contributed by atoms with van der Waals surface area (Å²) in [7, 11) is 0. The fraction of sp³-hybridized carbons (Fsp3) is 0.276. The number of nitrogens with zero attached hydrogens (tertiary/aromatic N) is 3. The minimum Gasteiger partial charge on any atom is -0.493 e. The molecule has 5 rings (SSSR count). The van der Waals surface area contributed by atoms with Gasteiger partial charge in [0.2, 0.25) is 0 Å². The number of nitriles is 1. The first kappa shape index (κ1) is 22.2. The summed E-state index contributed by atoms with van der Waals surface area (Å²) >= 11 is 0. The lowest BCUT2D eigenvalue weighted by Gasteiger charge is -2.39.